The molecule has 1 aromatic heterocycles. The van der Waals surface area contributed by atoms with Crippen molar-refractivity contribution in [3.05, 3.63) is 83.8 Å². The summed E-state index contributed by atoms with van der Waals surface area (Å²) >= 11 is 0. The third-order valence-corrected chi connectivity index (χ3v) is 7.00. The van der Waals surface area contributed by atoms with E-state index in [1.54, 1.807) is 41.3 Å². The van der Waals surface area contributed by atoms with Gasteiger partial charge >= 0.3 is 5.97 Å². The third kappa shape index (κ3) is 5.36. The Balaban J connectivity index is 1.17. The minimum Gasteiger partial charge on any atom is -0.496 e. The number of hydrogen-bond acceptors (Lipinski definition) is 9. The molecule has 3 aromatic rings. The largest absolute Gasteiger partial charge is 0.496 e. The minimum atomic E-state index is -0.714. The Morgan fingerprint density at radius 3 is 2.33 bits per heavy atom. The van der Waals surface area contributed by atoms with Crippen molar-refractivity contribution in [2.75, 3.05) is 44.8 Å². The van der Waals surface area contributed by atoms with Crippen molar-refractivity contribution in [1.82, 2.24) is 9.80 Å². The summed E-state index contributed by atoms with van der Waals surface area (Å²) in [4.78, 5) is 68.2. The molecule has 3 heterocycles. The van der Waals surface area contributed by atoms with Crippen molar-refractivity contribution in [2.24, 2.45) is 0 Å². The maximum Gasteiger partial charge on any atom is 0.338 e. The lowest BCUT2D eigenvalue weighted by atomic mass is 10.1. The van der Waals surface area contributed by atoms with Gasteiger partial charge < -0.3 is 18.8 Å². The SMILES string of the molecule is COc1ccccc1C(=O)COC(=O)c1ccc(N2C(=O)CC(N3CCN(C(=O)c4ccco4)CC3)C2=O)cc1. The van der Waals surface area contributed by atoms with E-state index in [4.69, 9.17) is 13.9 Å². The van der Waals surface area contributed by atoms with Crippen LogP contribution >= 0.6 is 0 Å². The molecule has 1 atom stereocenters. The van der Waals surface area contributed by atoms with Crippen LogP contribution in [0, 0.1) is 0 Å². The van der Waals surface area contributed by atoms with Crippen LogP contribution in [-0.4, -0.2) is 85.2 Å². The molecule has 3 amide bonds. The molecule has 40 heavy (non-hydrogen) atoms. The zero-order chi connectivity index (χ0) is 28.2. The lowest BCUT2D eigenvalue weighted by Gasteiger charge is -2.36. The second-order valence-corrected chi connectivity index (χ2v) is 9.34. The molecule has 0 bridgehead atoms. The van der Waals surface area contributed by atoms with Crippen LogP contribution in [0.5, 0.6) is 5.75 Å². The molecule has 0 radical (unpaired) electrons. The first-order valence-electron chi connectivity index (χ1n) is 12.7. The Bertz CT molecular complexity index is 1430. The van der Waals surface area contributed by atoms with Crippen LogP contribution in [0.2, 0.25) is 0 Å². The van der Waals surface area contributed by atoms with Crippen LogP contribution in [-0.2, 0) is 14.3 Å². The van der Waals surface area contributed by atoms with Crippen LogP contribution < -0.4 is 9.64 Å². The number of nitrogens with zero attached hydrogens (tertiary/aromatic N) is 3. The summed E-state index contributed by atoms with van der Waals surface area (Å²) < 4.78 is 15.5. The molecule has 0 aliphatic carbocycles. The van der Waals surface area contributed by atoms with E-state index in [1.807, 2.05) is 4.90 Å². The molecule has 1 unspecified atom stereocenters. The number of anilines is 1. The van der Waals surface area contributed by atoms with E-state index in [-0.39, 0.29) is 35.5 Å². The molecule has 2 aromatic carbocycles. The molecule has 2 saturated heterocycles. The molecule has 0 spiro atoms. The fourth-order valence-corrected chi connectivity index (χ4v) is 4.88. The predicted octanol–water partition coefficient (Wildman–Crippen LogP) is 2.42. The van der Waals surface area contributed by atoms with Crippen LogP contribution in [0.15, 0.2) is 71.3 Å². The molecular weight excluding hydrogens is 518 g/mol. The fraction of sp³-hybridized carbons (Fsp3) is 0.276. The van der Waals surface area contributed by atoms with Crippen LogP contribution in [0.4, 0.5) is 5.69 Å². The van der Waals surface area contributed by atoms with E-state index in [0.29, 0.717) is 43.2 Å². The normalized spacial score (nSPS) is 17.7. The van der Waals surface area contributed by atoms with E-state index < -0.39 is 24.4 Å². The molecule has 5 rings (SSSR count). The number of carbonyl (C=O) groups is 5. The van der Waals surface area contributed by atoms with E-state index >= 15 is 0 Å². The number of benzene rings is 2. The van der Waals surface area contributed by atoms with Crippen molar-refractivity contribution in [3.8, 4) is 5.75 Å². The second kappa shape index (κ2) is 11.5. The average molecular weight is 546 g/mol. The molecular formula is C29H27N3O8. The first kappa shape index (κ1) is 26.8. The number of carbonyl (C=O) groups excluding carboxylic acids is 5. The molecule has 2 aliphatic heterocycles. The highest BCUT2D eigenvalue weighted by molar-refractivity contribution is 6.22. The average Bonchev–Trinajstić information content (AvgIpc) is 3.63. The standard InChI is InChI=1S/C29H27N3O8/c1-38-24-6-3-2-5-21(24)23(33)18-40-29(37)19-8-10-20(11-9-19)32-26(34)17-22(27(32)35)30-12-14-31(15-13-30)28(36)25-7-4-16-39-25/h2-11,16,22H,12-15,17-18H2,1H3. The Hall–Kier alpha value is -4.77. The quantitative estimate of drug-likeness (QED) is 0.238. The van der Waals surface area contributed by atoms with Gasteiger partial charge in [-0.2, -0.15) is 0 Å². The molecule has 11 heteroatoms. The molecule has 0 N–H and O–H groups in total. The maximum atomic E-state index is 13.2. The zero-order valence-corrected chi connectivity index (χ0v) is 21.8. The van der Waals surface area contributed by atoms with Crippen molar-refractivity contribution >= 4 is 35.2 Å². The smallest absolute Gasteiger partial charge is 0.338 e. The third-order valence-electron chi connectivity index (χ3n) is 7.00. The summed E-state index contributed by atoms with van der Waals surface area (Å²) in [5, 5.41) is 0. The van der Waals surface area contributed by atoms with Gasteiger partial charge in [0.05, 0.1) is 42.6 Å². The number of Topliss-reactive ketones (excluding diaryl/α,β-unsaturated/α-hetero) is 1. The summed E-state index contributed by atoms with van der Waals surface area (Å²) in [7, 11) is 1.45. The van der Waals surface area contributed by atoms with Gasteiger partial charge in [-0.3, -0.25) is 24.1 Å². The molecule has 2 aliphatic rings. The number of imide groups is 1. The fourth-order valence-electron chi connectivity index (χ4n) is 4.88. The van der Waals surface area contributed by atoms with Gasteiger partial charge in [0, 0.05) is 26.2 Å². The van der Waals surface area contributed by atoms with Gasteiger partial charge in [0.1, 0.15) is 5.75 Å². The monoisotopic (exact) mass is 545 g/mol. The van der Waals surface area contributed by atoms with E-state index in [1.165, 1.54) is 37.6 Å². The van der Waals surface area contributed by atoms with Gasteiger partial charge in [-0.1, -0.05) is 12.1 Å². The zero-order valence-electron chi connectivity index (χ0n) is 21.8. The first-order valence-corrected chi connectivity index (χ1v) is 12.7. The Morgan fingerprint density at radius 1 is 0.925 bits per heavy atom. The predicted molar refractivity (Wildman–Crippen MR) is 141 cm³/mol. The number of ketones is 1. The van der Waals surface area contributed by atoms with Crippen LogP contribution in [0.25, 0.3) is 0 Å². The molecule has 11 nitrogen and oxygen atoms in total. The summed E-state index contributed by atoms with van der Waals surface area (Å²) in [6.07, 6.45) is 1.47. The van der Waals surface area contributed by atoms with Gasteiger partial charge in [-0.25, -0.2) is 9.69 Å². The molecule has 2 fully saturated rings. The van der Waals surface area contributed by atoms with Crippen molar-refractivity contribution in [3.63, 3.8) is 0 Å². The number of amides is 3. The number of hydrogen-bond donors (Lipinski definition) is 0. The lowest BCUT2D eigenvalue weighted by molar-refractivity contribution is -0.123. The Labute approximate surface area is 229 Å². The van der Waals surface area contributed by atoms with Gasteiger partial charge in [-0.15, -0.1) is 0 Å². The second-order valence-electron chi connectivity index (χ2n) is 9.34. The topological polar surface area (TPSA) is 127 Å². The summed E-state index contributed by atoms with van der Waals surface area (Å²) in [5.74, 6) is -1.38. The summed E-state index contributed by atoms with van der Waals surface area (Å²) in [5.41, 5.74) is 0.814. The van der Waals surface area contributed by atoms with Gasteiger partial charge in [0.15, 0.2) is 12.4 Å². The molecule has 0 saturated carbocycles. The number of ether oxygens (including phenoxy) is 2. The number of para-hydroxylation sites is 1. The van der Waals surface area contributed by atoms with Crippen molar-refractivity contribution < 1.29 is 37.9 Å². The van der Waals surface area contributed by atoms with E-state index in [9.17, 15) is 24.0 Å². The number of piperazine rings is 1. The van der Waals surface area contributed by atoms with Crippen molar-refractivity contribution in [1.29, 1.82) is 0 Å². The van der Waals surface area contributed by atoms with Crippen molar-refractivity contribution in [2.45, 2.75) is 12.5 Å². The number of rotatable bonds is 8. The van der Waals surface area contributed by atoms with E-state index in [2.05, 4.69) is 0 Å². The number of furan rings is 1. The molecule has 206 valence electrons. The number of methoxy groups -OCH3 is 1. The highest BCUT2D eigenvalue weighted by atomic mass is 16.5. The minimum absolute atomic E-state index is 0.0276. The van der Waals surface area contributed by atoms with E-state index in [0.717, 1.165) is 4.90 Å². The summed E-state index contributed by atoms with van der Waals surface area (Å²) in [6, 6.07) is 15.2. The number of esters is 1. The summed E-state index contributed by atoms with van der Waals surface area (Å²) in [6.45, 7) is 1.25. The van der Waals surface area contributed by atoms with Gasteiger partial charge in [0.25, 0.3) is 11.8 Å². The first-order chi connectivity index (χ1) is 19.4. The van der Waals surface area contributed by atoms with Gasteiger partial charge in [-0.05, 0) is 48.5 Å². The van der Waals surface area contributed by atoms with Gasteiger partial charge in [0.2, 0.25) is 11.7 Å². The lowest BCUT2D eigenvalue weighted by Crippen LogP contribution is -2.53. The Kier molecular flexibility index (Phi) is 7.74. The highest BCUT2D eigenvalue weighted by Crippen LogP contribution is 2.27. The maximum absolute atomic E-state index is 13.2. The van der Waals surface area contributed by atoms with Crippen LogP contribution in [0.3, 0.4) is 0 Å². The highest BCUT2D eigenvalue weighted by Gasteiger charge is 2.43. The van der Waals surface area contributed by atoms with Crippen LogP contribution in [0.1, 0.15) is 37.7 Å². The Morgan fingerprint density at radius 2 is 1.65 bits per heavy atom.